The molecule has 0 radical (unpaired) electrons. The Morgan fingerprint density at radius 1 is 0.583 bits per heavy atom. The Labute approximate surface area is 235 Å². The molecule has 0 spiro atoms. The first kappa shape index (κ1) is 33.9. The number of hydrogen-bond donors (Lipinski definition) is 4. The van der Waals surface area contributed by atoms with E-state index in [9.17, 15) is 0 Å². The maximum atomic E-state index is 5.83. The quantitative estimate of drug-likeness (QED) is 0.123. The van der Waals surface area contributed by atoms with Gasteiger partial charge in [0.2, 0.25) is 11.9 Å². The largest absolute Gasteiger partial charge is 0.370 e. The Morgan fingerprint density at radius 3 is 1.17 bits per heavy atom. The van der Waals surface area contributed by atoms with Crippen LogP contribution in [0.2, 0.25) is 10.0 Å². The van der Waals surface area contributed by atoms with Gasteiger partial charge < -0.3 is 11.5 Å². The van der Waals surface area contributed by atoms with Crippen LogP contribution in [0.25, 0.3) is 0 Å². The van der Waals surface area contributed by atoms with E-state index in [0.29, 0.717) is 47.0 Å². The highest BCUT2D eigenvalue weighted by Crippen LogP contribution is 2.11. The number of halogens is 4. The first-order chi connectivity index (χ1) is 16.5. The van der Waals surface area contributed by atoms with E-state index in [1.807, 2.05) is 0 Å². The Kier molecular flexibility index (Phi) is 19.7. The van der Waals surface area contributed by atoms with E-state index < -0.39 is 0 Å². The highest BCUT2D eigenvalue weighted by Gasteiger charge is 1.99. The molecule has 2 heterocycles. The van der Waals surface area contributed by atoms with Crippen molar-refractivity contribution in [3.8, 4) is 0 Å². The molecule has 0 unspecified atom stereocenters. The summed E-state index contributed by atoms with van der Waals surface area (Å²) in [4.78, 5) is 24.7. The smallest absolute Gasteiger partial charge is 0.229 e. The predicted octanol–water partition coefficient (Wildman–Crippen LogP) is 5.47. The lowest BCUT2D eigenvalue weighted by Gasteiger charge is -2.04. The summed E-state index contributed by atoms with van der Waals surface area (Å²) in [7, 11) is 0. The zero-order valence-electron chi connectivity index (χ0n) is 20.2. The predicted molar refractivity (Wildman–Crippen MR) is 155 cm³/mol. The first-order valence-corrected chi connectivity index (χ1v) is 12.4. The van der Waals surface area contributed by atoms with Crippen molar-refractivity contribution in [2.45, 2.75) is 64.2 Å². The number of anilines is 2. The van der Waals surface area contributed by atoms with Crippen molar-refractivity contribution in [1.82, 2.24) is 19.9 Å². The Morgan fingerprint density at radius 2 is 0.861 bits per heavy atom. The second kappa shape index (κ2) is 21.0. The molecule has 0 aliphatic carbocycles. The van der Waals surface area contributed by atoms with Gasteiger partial charge in [-0.2, -0.15) is 0 Å². The van der Waals surface area contributed by atoms with Gasteiger partial charge in [-0.05, 0) is 12.8 Å². The fraction of sp³-hybridized carbons (Fsp3) is 0.545. The molecule has 14 heteroatoms. The number of hydrogen-bond acceptors (Lipinski definition) is 6. The summed E-state index contributed by atoms with van der Waals surface area (Å²) in [6.45, 7) is 1.39. The van der Waals surface area contributed by atoms with Gasteiger partial charge in [-0.3, -0.25) is 20.6 Å². The van der Waals surface area contributed by atoms with E-state index in [2.05, 4.69) is 40.6 Å². The Hall–Kier alpha value is -2.14. The van der Waals surface area contributed by atoms with E-state index in [0.717, 1.165) is 25.7 Å². The molecule has 0 aromatic carbocycles. The Balaban J connectivity index is 0.00000612. The fourth-order valence-corrected chi connectivity index (χ4v) is 3.29. The first-order valence-electron chi connectivity index (χ1n) is 11.6. The van der Waals surface area contributed by atoms with Gasteiger partial charge >= 0.3 is 0 Å². The molecule has 0 aliphatic rings. The second-order valence-corrected chi connectivity index (χ2v) is 8.64. The molecule has 0 saturated carbocycles. The van der Waals surface area contributed by atoms with Crippen LogP contribution in [-0.4, -0.2) is 44.9 Å². The molecule has 0 aliphatic heterocycles. The average molecular weight is 582 g/mol. The minimum Gasteiger partial charge on any atom is -0.370 e. The maximum absolute atomic E-state index is 5.83. The Bertz CT molecular complexity index is 806. The molecule has 0 bridgehead atoms. The lowest BCUT2D eigenvalue weighted by atomic mass is 10.1. The van der Waals surface area contributed by atoms with Crippen molar-refractivity contribution < 1.29 is 0 Å². The van der Waals surface area contributed by atoms with Gasteiger partial charge in [-0.15, -0.1) is 24.8 Å². The number of nitrogens with two attached hydrogens (primary N) is 2. The van der Waals surface area contributed by atoms with E-state index in [1.165, 1.54) is 63.3 Å². The third-order valence-corrected chi connectivity index (χ3v) is 5.24. The SMILES string of the molecule is Cl.Cl.NC(=NCCCCCCCCCCCCN=C(N)Nc1ncc(Cl)cn1)Nc1ncc(Cl)cn1. The summed E-state index contributed by atoms with van der Waals surface area (Å²) in [5.41, 5.74) is 11.7. The summed E-state index contributed by atoms with van der Waals surface area (Å²) >= 11 is 11.5. The van der Waals surface area contributed by atoms with Gasteiger partial charge in [0.25, 0.3) is 0 Å². The van der Waals surface area contributed by atoms with Crippen LogP contribution in [0.5, 0.6) is 0 Å². The molecule has 0 saturated heterocycles. The number of rotatable bonds is 15. The molecule has 202 valence electrons. The lowest BCUT2D eigenvalue weighted by Crippen LogP contribution is -2.24. The van der Waals surface area contributed by atoms with Crippen molar-refractivity contribution in [1.29, 1.82) is 0 Å². The van der Waals surface area contributed by atoms with Gasteiger partial charge in [-0.25, -0.2) is 19.9 Å². The fourth-order valence-electron chi connectivity index (χ4n) is 3.10. The van der Waals surface area contributed by atoms with Gasteiger partial charge in [0.15, 0.2) is 11.9 Å². The van der Waals surface area contributed by atoms with Crippen molar-refractivity contribution in [3.05, 3.63) is 34.8 Å². The van der Waals surface area contributed by atoms with E-state index >= 15 is 0 Å². The molecule has 0 atom stereocenters. The maximum Gasteiger partial charge on any atom is 0.229 e. The number of nitrogens with zero attached hydrogens (tertiary/aromatic N) is 6. The van der Waals surface area contributed by atoms with Crippen LogP contribution < -0.4 is 22.1 Å². The molecule has 2 aromatic rings. The number of aliphatic imine (C=N–C) groups is 2. The molecular formula is C22H36Cl4N10. The normalized spacial score (nSPS) is 11.4. The topological polar surface area (TPSA) is 152 Å². The van der Waals surface area contributed by atoms with E-state index in [-0.39, 0.29) is 24.8 Å². The van der Waals surface area contributed by atoms with Gasteiger partial charge in [-0.1, -0.05) is 74.6 Å². The number of guanidine groups is 2. The van der Waals surface area contributed by atoms with Crippen LogP contribution in [-0.2, 0) is 0 Å². The highest BCUT2D eigenvalue weighted by atomic mass is 35.5. The minimum absolute atomic E-state index is 0. The van der Waals surface area contributed by atoms with Crippen LogP contribution in [0.1, 0.15) is 64.2 Å². The molecule has 6 N–H and O–H groups in total. The van der Waals surface area contributed by atoms with E-state index in [1.54, 1.807) is 0 Å². The summed E-state index contributed by atoms with van der Waals surface area (Å²) in [5.74, 6) is 1.43. The minimum atomic E-state index is 0. The number of nitrogens with one attached hydrogen (secondary N) is 2. The molecule has 0 amide bonds. The summed E-state index contributed by atoms with van der Waals surface area (Å²) < 4.78 is 0. The molecule has 0 fully saturated rings. The summed E-state index contributed by atoms with van der Waals surface area (Å²) in [6.07, 6.45) is 17.9. The molecular weight excluding hydrogens is 546 g/mol. The molecule has 2 aromatic heterocycles. The summed E-state index contributed by atoms with van der Waals surface area (Å²) in [5, 5.41) is 6.66. The molecule has 2 rings (SSSR count). The van der Waals surface area contributed by atoms with Gasteiger partial charge in [0.05, 0.1) is 34.8 Å². The van der Waals surface area contributed by atoms with Crippen LogP contribution in [0.3, 0.4) is 0 Å². The third kappa shape index (κ3) is 16.5. The second-order valence-electron chi connectivity index (χ2n) is 7.77. The number of aromatic nitrogens is 4. The molecule has 10 nitrogen and oxygen atoms in total. The lowest BCUT2D eigenvalue weighted by molar-refractivity contribution is 0.554. The van der Waals surface area contributed by atoms with Crippen molar-refractivity contribution >= 4 is 71.8 Å². The zero-order valence-corrected chi connectivity index (χ0v) is 23.3. The monoisotopic (exact) mass is 580 g/mol. The van der Waals surface area contributed by atoms with Crippen molar-refractivity contribution in [3.63, 3.8) is 0 Å². The molecule has 36 heavy (non-hydrogen) atoms. The van der Waals surface area contributed by atoms with Crippen LogP contribution >= 0.6 is 48.0 Å². The highest BCUT2D eigenvalue weighted by molar-refractivity contribution is 6.30. The van der Waals surface area contributed by atoms with Crippen LogP contribution in [0.4, 0.5) is 11.9 Å². The standard InChI is InChI=1S/C22H34Cl2N10.2ClH/c23-17-13-29-21(30-14-17)33-19(25)27-11-9-7-5-3-1-2-4-6-8-10-12-28-20(26)34-22-31-15-18(24)16-32-22;;/h13-16H,1-12H2,(H3,25,27,29,30,33)(H3,26,28,31,32,34);2*1H. The number of unbranched alkanes of at least 4 members (excludes halogenated alkanes) is 9. The van der Waals surface area contributed by atoms with Crippen molar-refractivity contribution in [2.24, 2.45) is 21.5 Å². The third-order valence-electron chi connectivity index (χ3n) is 4.85. The van der Waals surface area contributed by atoms with E-state index in [4.69, 9.17) is 34.7 Å². The van der Waals surface area contributed by atoms with Crippen LogP contribution in [0, 0.1) is 0 Å². The van der Waals surface area contributed by atoms with Gasteiger partial charge in [0, 0.05) is 13.1 Å². The zero-order chi connectivity index (χ0) is 24.4. The van der Waals surface area contributed by atoms with Gasteiger partial charge in [0.1, 0.15) is 0 Å². The average Bonchev–Trinajstić information content (AvgIpc) is 2.82. The van der Waals surface area contributed by atoms with Crippen molar-refractivity contribution in [2.75, 3.05) is 23.7 Å². The summed E-state index contributed by atoms with van der Waals surface area (Å²) in [6, 6.07) is 0. The van der Waals surface area contributed by atoms with Crippen LogP contribution in [0.15, 0.2) is 34.8 Å².